The zero-order valence-corrected chi connectivity index (χ0v) is 22.5. The Hall–Kier alpha value is -2.55. The number of ether oxygens (including phenoxy) is 1. The lowest BCUT2D eigenvalue weighted by Crippen LogP contribution is -2.37. The van der Waals surface area contributed by atoms with Gasteiger partial charge < -0.3 is 14.7 Å². The third-order valence-electron chi connectivity index (χ3n) is 6.48. The Morgan fingerprint density at radius 1 is 1.06 bits per heavy atom. The van der Waals surface area contributed by atoms with E-state index in [0.29, 0.717) is 23.7 Å². The van der Waals surface area contributed by atoms with Crippen LogP contribution in [0.25, 0.3) is 0 Å². The van der Waals surface area contributed by atoms with Crippen LogP contribution in [0.2, 0.25) is 0 Å². The van der Waals surface area contributed by atoms with Crippen molar-refractivity contribution < 1.29 is 18.3 Å². The zero-order chi connectivity index (χ0) is 25.3. The van der Waals surface area contributed by atoms with Crippen molar-refractivity contribution >= 4 is 33.2 Å². The molecule has 0 amide bonds. The van der Waals surface area contributed by atoms with Gasteiger partial charge in [-0.15, -0.1) is 5.76 Å². The first kappa shape index (κ1) is 25.5. The highest BCUT2D eigenvalue weighted by atomic mass is 32.2. The molecule has 2 aliphatic rings. The average molecular weight is 512 g/mol. The molecule has 0 aromatic heterocycles. The van der Waals surface area contributed by atoms with E-state index in [0.717, 1.165) is 41.0 Å². The van der Waals surface area contributed by atoms with Crippen molar-refractivity contribution in [2.45, 2.75) is 45.9 Å². The van der Waals surface area contributed by atoms with E-state index < -0.39 is 10.0 Å². The van der Waals surface area contributed by atoms with Crippen LogP contribution in [0.3, 0.4) is 0 Å². The first-order chi connectivity index (χ1) is 16.6. The third kappa shape index (κ3) is 5.34. The molecular formula is C27H31N2O4S2-. The summed E-state index contributed by atoms with van der Waals surface area (Å²) in [6, 6.07) is 7.27. The first-order valence-electron chi connectivity index (χ1n) is 11.7. The molecule has 1 fully saturated rings. The van der Waals surface area contributed by atoms with Gasteiger partial charge in [-0.1, -0.05) is 35.5 Å². The molecule has 6 nitrogen and oxygen atoms in total. The quantitative estimate of drug-likeness (QED) is 0.558. The van der Waals surface area contributed by atoms with E-state index in [1.165, 1.54) is 17.3 Å². The predicted octanol–water partition coefficient (Wildman–Crippen LogP) is 4.27. The fourth-order valence-corrected chi connectivity index (χ4v) is 6.90. The molecule has 8 heteroatoms. The topological polar surface area (TPSA) is 82.0 Å². The minimum Gasteiger partial charge on any atom is -0.874 e. The number of morpholine rings is 1. The van der Waals surface area contributed by atoms with Crippen LogP contribution in [-0.4, -0.2) is 40.4 Å². The molecular weight excluding hydrogens is 480 g/mol. The van der Waals surface area contributed by atoms with Gasteiger partial charge in [0.2, 0.25) is 0 Å². The summed E-state index contributed by atoms with van der Waals surface area (Å²) in [6.45, 7) is 12.9. The van der Waals surface area contributed by atoms with Crippen molar-refractivity contribution in [2.24, 2.45) is 4.40 Å². The van der Waals surface area contributed by atoms with E-state index >= 15 is 0 Å². The number of hydrogen-bond donors (Lipinski definition) is 0. The van der Waals surface area contributed by atoms with Crippen molar-refractivity contribution in [3.63, 3.8) is 0 Å². The molecule has 0 aliphatic carbocycles. The first-order valence-corrected chi connectivity index (χ1v) is 14.0. The Labute approximate surface area is 212 Å². The van der Waals surface area contributed by atoms with E-state index in [4.69, 9.17) is 4.74 Å². The summed E-state index contributed by atoms with van der Waals surface area (Å²) < 4.78 is 35.7. The number of aryl methyl sites for hydroxylation is 4. The Morgan fingerprint density at radius 3 is 2.46 bits per heavy atom. The number of nitrogens with zero attached hydrogens (tertiary/aromatic N) is 2. The maximum absolute atomic E-state index is 13.4. The number of hydrogen-bond acceptors (Lipinski definition) is 6. The van der Waals surface area contributed by atoms with Gasteiger partial charge in [-0.2, -0.15) is 12.8 Å². The van der Waals surface area contributed by atoms with E-state index in [9.17, 15) is 13.5 Å². The third-order valence-corrected chi connectivity index (χ3v) is 8.88. The Morgan fingerprint density at radius 2 is 1.77 bits per heavy atom. The molecule has 0 saturated carbocycles. The Kier molecular flexibility index (Phi) is 7.45. The molecule has 4 rings (SSSR count). The Bertz CT molecular complexity index is 1350. The number of thioether (sulfide) groups is 1. The van der Waals surface area contributed by atoms with Crippen LogP contribution in [0, 0.1) is 34.6 Å². The molecule has 2 heterocycles. The standard InChI is InChI=1S/C27H32N2O4S2/c1-17-6-7-25(19(3)14-17)35(31,32)28-23-8-13-34-27(23)24(30)16-22-18(2)15-20(4)26(21(22)5)29-9-11-33-12-10-29/h6-8,13-15,30H,9-12,16H2,1-5H3/p-1/b27-24-,28-23+. The van der Waals surface area contributed by atoms with Gasteiger partial charge in [0.25, 0.3) is 10.0 Å². The second-order valence-corrected chi connectivity index (χ2v) is 11.6. The summed E-state index contributed by atoms with van der Waals surface area (Å²) in [5.41, 5.74) is 7.31. The highest BCUT2D eigenvalue weighted by molar-refractivity contribution is 8.07. The molecule has 2 aliphatic heterocycles. The lowest BCUT2D eigenvalue weighted by atomic mass is 9.93. The molecule has 2 aromatic carbocycles. The molecule has 0 unspecified atom stereocenters. The molecule has 0 atom stereocenters. The van der Waals surface area contributed by atoms with Gasteiger partial charge in [0.1, 0.15) is 0 Å². The van der Waals surface area contributed by atoms with Gasteiger partial charge >= 0.3 is 0 Å². The van der Waals surface area contributed by atoms with E-state index in [1.807, 2.05) is 19.9 Å². The number of benzene rings is 2. The number of sulfonamides is 1. The van der Waals surface area contributed by atoms with E-state index in [-0.39, 0.29) is 22.8 Å². The normalized spacial score (nSPS) is 19.0. The van der Waals surface area contributed by atoms with Crippen molar-refractivity contribution in [1.29, 1.82) is 0 Å². The molecule has 0 bridgehead atoms. The van der Waals surface area contributed by atoms with Gasteiger partial charge in [0, 0.05) is 23.7 Å². The highest BCUT2D eigenvalue weighted by Gasteiger charge is 2.22. The van der Waals surface area contributed by atoms with E-state index in [1.54, 1.807) is 30.5 Å². The van der Waals surface area contributed by atoms with Crippen molar-refractivity contribution in [2.75, 3.05) is 31.2 Å². The van der Waals surface area contributed by atoms with Crippen LogP contribution >= 0.6 is 11.8 Å². The van der Waals surface area contributed by atoms with Crippen LogP contribution in [0.1, 0.15) is 33.4 Å². The molecule has 186 valence electrons. The minimum absolute atomic E-state index is 0.127. The summed E-state index contributed by atoms with van der Waals surface area (Å²) in [4.78, 5) is 2.85. The van der Waals surface area contributed by atoms with E-state index in [2.05, 4.69) is 29.2 Å². The second-order valence-electron chi connectivity index (χ2n) is 9.13. The predicted molar refractivity (Wildman–Crippen MR) is 142 cm³/mol. The van der Waals surface area contributed by atoms with Crippen LogP contribution in [0.5, 0.6) is 0 Å². The SMILES string of the molecule is Cc1ccc(S(=O)(=O)/N=C2\C=CS\C2=C(/[O-])Cc2c(C)cc(C)c(N3CCOCC3)c2C)c(C)c1. The lowest BCUT2D eigenvalue weighted by Gasteiger charge is -2.33. The van der Waals surface area contributed by atoms with Crippen LogP contribution < -0.4 is 10.0 Å². The Balaban J connectivity index is 1.69. The van der Waals surface area contributed by atoms with Gasteiger partial charge in [-0.3, -0.25) is 0 Å². The molecule has 0 N–H and O–H groups in total. The molecule has 1 saturated heterocycles. The zero-order valence-electron chi connectivity index (χ0n) is 20.8. The molecule has 0 spiro atoms. The minimum atomic E-state index is -3.94. The number of allylic oxidation sites excluding steroid dienone is 3. The largest absolute Gasteiger partial charge is 0.874 e. The van der Waals surface area contributed by atoms with Gasteiger partial charge in [-0.05, 0) is 86.4 Å². The highest BCUT2D eigenvalue weighted by Crippen LogP contribution is 2.35. The lowest BCUT2D eigenvalue weighted by molar-refractivity contribution is -0.305. The summed E-state index contributed by atoms with van der Waals surface area (Å²) in [7, 11) is -3.94. The smallest absolute Gasteiger partial charge is 0.283 e. The fourth-order valence-electron chi connectivity index (χ4n) is 4.85. The van der Waals surface area contributed by atoms with Crippen molar-refractivity contribution in [3.05, 3.63) is 79.8 Å². The summed E-state index contributed by atoms with van der Waals surface area (Å²) in [6.07, 6.45) is 1.80. The molecule has 2 aromatic rings. The maximum atomic E-state index is 13.4. The summed E-state index contributed by atoms with van der Waals surface area (Å²) >= 11 is 1.23. The van der Waals surface area contributed by atoms with Gasteiger partial charge in [0.15, 0.2) is 0 Å². The molecule has 35 heavy (non-hydrogen) atoms. The van der Waals surface area contributed by atoms with Crippen molar-refractivity contribution in [1.82, 2.24) is 0 Å². The summed E-state index contributed by atoms with van der Waals surface area (Å²) in [5, 5.41) is 15.1. The summed E-state index contributed by atoms with van der Waals surface area (Å²) in [5.74, 6) is -0.127. The van der Waals surface area contributed by atoms with Crippen molar-refractivity contribution in [3.8, 4) is 0 Å². The van der Waals surface area contributed by atoms with Crippen LogP contribution in [-0.2, 0) is 21.2 Å². The molecule has 0 radical (unpaired) electrons. The second kappa shape index (κ2) is 10.2. The number of rotatable bonds is 5. The van der Waals surface area contributed by atoms with Gasteiger partial charge in [0.05, 0.1) is 23.8 Å². The monoisotopic (exact) mass is 511 g/mol. The van der Waals surface area contributed by atoms with Crippen LogP contribution in [0.4, 0.5) is 5.69 Å². The maximum Gasteiger partial charge on any atom is 0.283 e. The van der Waals surface area contributed by atoms with Crippen LogP contribution in [0.15, 0.2) is 55.7 Å². The average Bonchev–Trinajstić information content (AvgIpc) is 3.24. The fraction of sp³-hybridized carbons (Fsp3) is 0.370. The number of anilines is 1. The van der Waals surface area contributed by atoms with Gasteiger partial charge in [-0.25, -0.2) is 0 Å².